The molecular weight excluding hydrogens is 314 g/mol. The zero-order valence-corrected chi connectivity index (χ0v) is 14.9. The van der Waals surface area contributed by atoms with Crippen LogP contribution in [-0.4, -0.2) is 58.5 Å². The number of piperazine rings is 1. The number of aromatic nitrogens is 2. The Morgan fingerprint density at radius 3 is 2.32 bits per heavy atom. The Bertz CT molecular complexity index is 681. The number of nitrogens with zero attached hydrogens (tertiary/aromatic N) is 4. The Morgan fingerprint density at radius 1 is 1.08 bits per heavy atom. The van der Waals surface area contributed by atoms with E-state index in [1.54, 1.807) is 12.4 Å². The highest BCUT2D eigenvalue weighted by Gasteiger charge is 2.21. The van der Waals surface area contributed by atoms with Crippen LogP contribution in [0.15, 0.2) is 43.0 Å². The second-order valence-electron chi connectivity index (χ2n) is 6.34. The Hall–Kier alpha value is -2.47. The highest BCUT2D eigenvalue weighted by molar-refractivity contribution is 5.75. The number of carbonyl (C=O) groups is 1. The predicted octanol–water partition coefficient (Wildman–Crippen LogP) is 2.55. The molecule has 1 atom stereocenters. The van der Waals surface area contributed by atoms with E-state index in [1.807, 2.05) is 36.1 Å². The zero-order chi connectivity index (χ0) is 17.6. The standard InChI is InChI=1S/C19H25N5O/c1-3-23-8-10-24(11-9-23)19(25)22-15(2)16-4-6-17(7-5-16)18-12-20-14-21-13-18/h4-7,12-15H,3,8-11H2,1-2H3,(H,22,25)/t15-/m1/s1. The van der Waals surface area contributed by atoms with E-state index in [2.05, 4.69) is 27.1 Å². The van der Waals surface area contributed by atoms with E-state index in [0.29, 0.717) is 0 Å². The summed E-state index contributed by atoms with van der Waals surface area (Å²) in [6.45, 7) is 8.70. The SMILES string of the molecule is CCN1CCN(C(=O)N[C@H](C)c2ccc(-c3cncnc3)cc2)CC1. The summed E-state index contributed by atoms with van der Waals surface area (Å²) in [6, 6.07) is 8.15. The number of hydrogen-bond donors (Lipinski definition) is 1. The first-order valence-electron chi connectivity index (χ1n) is 8.80. The number of rotatable bonds is 4. The highest BCUT2D eigenvalue weighted by Crippen LogP contribution is 2.20. The lowest BCUT2D eigenvalue weighted by molar-refractivity contribution is 0.141. The molecule has 2 aromatic rings. The zero-order valence-electron chi connectivity index (χ0n) is 14.9. The lowest BCUT2D eigenvalue weighted by Gasteiger charge is -2.34. The first-order valence-corrected chi connectivity index (χ1v) is 8.80. The molecule has 0 unspecified atom stereocenters. The fourth-order valence-corrected chi connectivity index (χ4v) is 3.04. The van der Waals surface area contributed by atoms with Gasteiger partial charge in [0, 0.05) is 44.1 Å². The normalized spacial score (nSPS) is 16.5. The Morgan fingerprint density at radius 2 is 1.72 bits per heavy atom. The van der Waals surface area contributed by atoms with Gasteiger partial charge >= 0.3 is 6.03 Å². The molecule has 0 bridgehead atoms. The van der Waals surface area contributed by atoms with Crippen molar-refractivity contribution in [2.75, 3.05) is 32.7 Å². The van der Waals surface area contributed by atoms with Crippen LogP contribution in [-0.2, 0) is 0 Å². The van der Waals surface area contributed by atoms with Crippen LogP contribution < -0.4 is 5.32 Å². The number of likely N-dealkylation sites (N-methyl/N-ethyl adjacent to an activating group) is 1. The molecule has 0 spiro atoms. The third-order valence-electron chi connectivity index (χ3n) is 4.75. The fraction of sp³-hybridized carbons (Fsp3) is 0.421. The molecule has 0 saturated carbocycles. The van der Waals surface area contributed by atoms with E-state index in [4.69, 9.17) is 0 Å². The van der Waals surface area contributed by atoms with Gasteiger partial charge in [0.15, 0.2) is 0 Å². The topological polar surface area (TPSA) is 61.4 Å². The molecule has 0 radical (unpaired) electrons. The Labute approximate surface area is 148 Å². The van der Waals surface area contributed by atoms with Crippen molar-refractivity contribution < 1.29 is 4.79 Å². The summed E-state index contributed by atoms with van der Waals surface area (Å²) in [5.74, 6) is 0. The molecular formula is C19H25N5O. The minimum Gasteiger partial charge on any atom is -0.331 e. The van der Waals surface area contributed by atoms with Crippen LogP contribution in [0.25, 0.3) is 11.1 Å². The molecule has 1 saturated heterocycles. The van der Waals surface area contributed by atoms with Gasteiger partial charge in [-0.05, 0) is 24.6 Å². The van der Waals surface area contributed by atoms with Gasteiger partial charge in [-0.3, -0.25) is 0 Å². The molecule has 0 aliphatic carbocycles. The maximum absolute atomic E-state index is 12.4. The third-order valence-corrected chi connectivity index (χ3v) is 4.75. The van der Waals surface area contributed by atoms with Crippen molar-refractivity contribution in [1.82, 2.24) is 25.1 Å². The van der Waals surface area contributed by atoms with Crippen molar-refractivity contribution in [1.29, 1.82) is 0 Å². The Balaban J connectivity index is 1.58. The quantitative estimate of drug-likeness (QED) is 0.930. The van der Waals surface area contributed by atoms with Crippen molar-refractivity contribution in [2.45, 2.75) is 19.9 Å². The number of hydrogen-bond acceptors (Lipinski definition) is 4. The second-order valence-corrected chi connectivity index (χ2v) is 6.34. The van der Waals surface area contributed by atoms with Gasteiger partial charge in [-0.1, -0.05) is 31.2 Å². The fourth-order valence-electron chi connectivity index (χ4n) is 3.04. The van der Waals surface area contributed by atoms with E-state index in [-0.39, 0.29) is 12.1 Å². The van der Waals surface area contributed by atoms with Gasteiger partial charge in [0.05, 0.1) is 6.04 Å². The number of amides is 2. The van der Waals surface area contributed by atoms with E-state index >= 15 is 0 Å². The van der Waals surface area contributed by atoms with Crippen LogP contribution in [0.1, 0.15) is 25.5 Å². The van der Waals surface area contributed by atoms with Gasteiger partial charge in [0.2, 0.25) is 0 Å². The lowest BCUT2D eigenvalue weighted by atomic mass is 10.0. The first kappa shape index (κ1) is 17.4. The van der Waals surface area contributed by atoms with Crippen molar-refractivity contribution >= 4 is 6.03 Å². The van der Waals surface area contributed by atoms with Crippen LogP contribution in [0.3, 0.4) is 0 Å². The van der Waals surface area contributed by atoms with Crippen molar-refractivity contribution in [3.8, 4) is 11.1 Å². The molecule has 1 aliphatic rings. The summed E-state index contributed by atoms with van der Waals surface area (Å²) < 4.78 is 0. The monoisotopic (exact) mass is 339 g/mol. The van der Waals surface area contributed by atoms with Crippen molar-refractivity contribution in [2.24, 2.45) is 0 Å². The summed E-state index contributed by atoms with van der Waals surface area (Å²) in [5.41, 5.74) is 3.14. The molecule has 25 heavy (non-hydrogen) atoms. The maximum atomic E-state index is 12.4. The van der Waals surface area contributed by atoms with Gasteiger partial charge in [-0.2, -0.15) is 0 Å². The molecule has 6 nitrogen and oxygen atoms in total. The van der Waals surface area contributed by atoms with E-state index in [1.165, 1.54) is 6.33 Å². The van der Waals surface area contributed by atoms with Crippen LogP contribution in [0.5, 0.6) is 0 Å². The average Bonchev–Trinajstić information content (AvgIpc) is 2.68. The van der Waals surface area contributed by atoms with Crippen molar-refractivity contribution in [3.63, 3.8) is 0 Å². The number of carbonyl (C=O) groups excluding carboxylic acids is 1. The van der Waals surface area contributed by atoms with Gasteiger partial charge in [0.1, 0.15) is 6.33 Å². The van der Waals surface area contributed by atoms with Crippen LogP contribution in [0, 0.1) is 0 Å². The number of benzene rings is 1. The van der Waals surface area contributed by atoms with Crippen molar-refractivity contribution in [3.05, 3.63) is 48.5 Å². The van der Waals surface area contributed by atoms with Gasteiger partial charge in [-0.25, -0.2) is 14.8 Å². The summed E-state index contributed by atoms with van der Waals surface area (Å²) >= 11 is 0. The maximum Gasteiger partial charge on any atom is 0.317 e. The average molecular weight is 339 g/mol. The van der Waals surface area contributed by atoms with Crippen LogP contribution in [0.2, 0.25) is 0 Å². The molecule has 1 aromatic carbocycles. The summed E-state index contributed by atoms with van der Waals surface area (Å²) in [7, 11) is 0. The summed E-state index contributed by atoms with van der Waals surface area (Å²) in [6.07, 6.45) is 5.11. The van der Waals surface area contributed by atoms with Gasteiger partial charge in [0.25, 0.3) is 0 Å². The number of urea groups is 1. The minimum absolute atomic E-state index is 0.0174. The molecule has 132 valence electrons. The number of nitrogens with one attached hydrogen (secondary N) is 1. The third kappa shape index (κ3) is 4.33. The summed E-state index contributed by atoms with van der Waals surface area (Å²) in [4.78, 5) is 24.8. The molecule has 3 rings (SSSR count). The molecule has 6 heteroatoms. The predicted molar refractivity (Wildman–Crippen MR) is 98.1 cm³/mol. The molecule has 1 fully saturated rings. The molecule has 2 amide bonds. The first-order chi connectivity index (χ1) is 12.2. The Kier molecular flexibility index (Phi) is 5.60. The van der Waals surface area contributed by atoms with Gasteiger partial charge in [-0.15, -0.1) is 0 Å². The van der Waals surface area contributed by atoms with E-state index in [0.717, 1.165) is 49.4 Å². The minimum atomic E-state index is -0.0298. The largest absolute Gasteiger partial charge is 0.331 e. The molecule has 2 heterocycles. The van der Waals surface area contributed by atoms with Gasteiger partial charge < -0.3 is 15.1 Å². The smallest absolute Gasteiger partial charge is 0.317 e. The second kappa shape index (κ2) is 8.07. The van der Waals surface area contributed by atoms with Crippen LogP contribution in [0.4, 0.5) is 4.79 Å². The van der Waals surface area contributed by atoms with Crippen LogP contribution >= 0.6 is 0 Å². The van der Waals surface area contributed by atoms with E-state index in [9.17, 15) is 4.79 Å². The molecule has 1 N–H and O–H groups in total. The highest BCUT2D eigenvalue weighted by atomic mass is 16.2. The lowest BCUT2D eigenvalue weighted by Crippen LogP contribution is -2.51. The molecule has 1 aliphatic heterocycles. The summed E-state index contributed by atoms with van der Waals surface area (Å²) in [5, 5.41) is 3.10. The van der Waals surface area contributed by atoms with E-state index < -0.39 is 0 Å². The molecule has 1 aromatic heterocycles.